The molecule has 4 rings (SSSR count). The molecule has 2 aromatic heterocycles. The van der Waals surface area contributed by atoms with Crippen LogP contribution in [0.2, 0.25) is 5.02 Å². The Bertz CT molecular complexity index is 896. The molecular formula is C19H23ClF3N5O3. The number of ether oxygens (including phenoxy) is 1. The number of morpholine rings is 1. The molecule has 0 spiro atoms. The van der Waals surface area contributed by atoms with E-state index in [1.807, 2.05) is 0 Å². The minimum Gasteiger partial charge on any atom is -0.467 e. The molecule has 170 valence electrons. The van der Waals surface area contributed by atoms with E-state index in [0.29, 0.717) is 31.9 Å². The number of nitrogens with zero attached hydrogens (tertiary/aromatic N) is 3. The van der Waals surface area contributed by atoms with Crippen molar-refractivity contribution in [2.45, 2.75) is 31.1 Å². The van der Waals surface area contributed by atoms with Crippen molar-refractivity contribution in [2.75, 3.05) is 44.7 Å². The van der Waals surface area contributed by atoms with Crippen molar-refractivity contribution in [3.05, 3.63) is 34.9 Å². The third-order valence-electron chi connectivity index (χ3n) is 5.44. The lowest BCUT2D eigenvalue weighted by Crippen LogP contribution is -2.38. The van der Waals surface area contributed by atoms with E-state index in [4.69, 9.17) is 20.8 Å². The topological polar surface area (TPSA) is 84.6 Å². The Labute approximate surface area is 181 Å². The van der Waals surface area contributed by atoms with E-state index in [1.165, 1.54) is 6.26 Å². The highest BCUT2D eigenvalue weighted by Crippen LogP contribution is 2.46. The molecule has 1 fully saturated rings. The summed E-state index contributed by atoms with van der Waals surface area (Å²) in [7, 11) is 0. The predicted octanol–water partition coefficient (Wildman–Crippen LogP) is 3.24. The van der Waals surface area contributed by atoms with Crippen LogP contribution >= 0.6 is 11.6 Å². The number of anilines is 1. The zero-order valence-electron chi connectivity index (χ0n) is 16.6. The Balaban J connectivity index is 1.45. The Morgan fingerprint density at radius 1 is 1.35 bits per heavy atom. The molecule has 12 heteroatoms. The number of halogens is 4. The SMILES string of the molecule is O=C(NCCCN1CCOCC1)c1nn2c(c1Cl)N[C@@H](c1ccco1)C[C@H]2C(F)(F)F. The first-order chi connectivity index (χ1) is 14.8. The molecule has 1 amide bonds. The average Bonchev–Trinajstić information content (AvgIpc) is 3.39. The molecule has 0 radical (unpaired) electrons. The van der Waals surface area contributed by atoms with Gasteiger partial charge in [-0.15, -0.1) is 0 Å². The van der Waals surface area contributed by atoms with Gasteiger partial charge in [-0.1, -0.05) is 11.6 Å². The monoisotopic (exact) mass is 461 g/mol. The van der Waals surface area contributed by atoms with Gasteiger partial charge in [-0.3, -0.25) is 9.69 Å². The summed E-state index contributed by atoms with van der Waals surface area (Å²) < 4.78 is 52.5. The maximum absolute atomic E-state index is 13.7. The van der Waals surface area contributed by atoms with Crippen LogP contribution in [0.4, 0.5) is 19.0 Å². The molecule has 0 bridgehead atoms. The normalized spacial score (nSPS) is 22.1. The number of hydrogen-bond donors (Lipinski definition) is 2. The molecule has 2 aromatic rings. The van der Waals surface area contributed by atoms with Crippen molar-refractivity contribution >= 4 is 23.3 Å². The quantitative estimate of drug-likeness (QED) is 0.642. The molecule has 8 nitrogen and oxygen atoms in total. The second kappa shape index (κ2) is 9.09. The van der Waals surface area contributed by atoms with Crippen molar-refractivity contribution < 1.29 is 27.1 Å². The van der Waals surface area contributed by atoms with Gasteiger partial charge in [0.15, 0.2) is 11.7 Å². The van der Waals surface area contributed by atoms with Crippen molar-refractivity contribution in [3.63, 3.8) is 0 Å². The standard InChI is InChI=1S/C19H23ClF3N5O3/c20-15-16(18(29)24-4-2-5-27-6-9-30-10-7-27)26-28-14(19(21,22)23)11-12(25-17(15)28)13-3-1-8-31-13/h1,3,8,12,14,25H,2,4-7,9-11H2,(H,24,29)/t12-,14+/m1/s1. The molecule has 0 aliphatic carbocycles. The number of fused-ring (bicyclic) bond motifs is 1. The number of furan rings is 1. The number of aromatic nitrogens is 2. The van der Waals surface area contributed by atoms with Crippen molar-refractivity contribution in [2.24, 2.45) is 0 Å². The highest BCUT2D eigenvalue weighted by atomic mass is 35.5. The Morgan fingerprint density at radius 3 is 2.81 bits per heavy atom. The summed E-state index contributed by atoms with van der Waals surface area (Å²) in [5.74, 6) is -0.298. The molecule has 31 heavy (non-hydrogen) atoms. The van der Waals surface area contributed by atoms with Crippen LogP contribution in [0, 0.1) is 0 Å². The van der Waals surface area contributed by atoms with Crippen LogP contribution < -0.4 is 10.6 Å². The van der Waals surface area contributed by atoms with E-state index < -0.39 is 24.2 Å². The van der Waals surface area contributed by atoms with Crippen LogP contribution in [0.15, 0.2) is 22.8 Å². The van der Waals surface area contributed by atoms with Gasteiger partial charge in [-0.2, -0.15) is 18.3 Å². The first-order valence-corrected chi connectivity index (χ1v) is 10.5. The first-order valence-electron chi connectivity index (χ1n) is 10.1. The van der Waals surface area contributed by atoms with Crippen molar-refractivity contribution in [1.82, 2.24) is 20.0 Å². The summed E-state index contributed by atoms with van der Waals surface area (Å²) >= 11 is 6.29. The van der Waals surface area contributed by atoms with Gasteiger partial charge in [-0.25, -0.2) is 4.68 Å². The fraction of sp³-hybridized carbons (Fsp3) is 0.579. The van der Waals surface area contributed by atoms with E-state index in [-0.39, 0.29) is 23.0 Å². The zero-order chi connectivity index (χ0) is 22.0. The summed E-state index contributed by atoms with van der Waals surface area (Å²) in [6.07, 6.45) is -2.81. The van der Waals surface area contributed by atoms with E-state index in [2.05, 4.69) is 20.6 Å². The molecule has 2 N–H and O–H groups in total. The van der Waals surface area contributed by atoms with E-state index in [9.17, 15) is 18.0 Å². The first kappa shape index (κ1) is 22.0. The maximum atomic E-state index is 13.7. The van der Waals surface area contributed by atoms with Crippen LogP contribution in [0.3, 0.4) is 0 Å². The molecule has 0 unspecified atom stereocenters. The zero-order valence-corrected chi connectivity index (χ0v) is 17.4. The maximum Gasteiger partial charge on any atom is 0.410 e. The molecule has 2 aliphatic rings. The Hall–Kier alpha value is -2.24. The number of carbonyl (C=O) groups excluding carboxylic acids is 1. The van der Waals surface area contributed by atoms with E-state index >= 15 is 0 Å². The van der Waals surface area contributed by atoms with Gasteiger partial charge < -0.3 is 19.8 Å². The number of rotatable bonds is 6. The molecule has 2 aliphatic heterocycles. The number of carbonyl (C=O) groups is 1. The van der Waals surface area contributed by atoms with Crippen LogP contribution in [0.5, 0.6) is 0 Å². The highest BCUT2D eigenvalue weighted by molar-refractivity contribution is 6.36. The predicted molar refractivity (Wildman–Crippen MR) is 106 cm³/mol. The summed E-state index contributed by atoms with van der Waals surface area (Å²) in [4.78, 5) is 14.8. The number of alkyl halides is 3. The third-order valence-corrected chi connectivity index (χ3v) is 5.80. The molecule has 0 saturated carbocycles. The molecule has 1 saturated heterocycles. The minimum atomic E-state index is -4.57. The number of hydrogen-bond acceptors (Lipinski definition) is 6. The second-order valence-corrected chi connectivity index (χ2v) is 7.90. The molecule has 0 aromatic carbocycles. The highest BCUT2D eigenvalue weighted by Gasteiger charge is 2.48. The fourth-order valence-corrected chi connectivity index (χ4v) is 4.09. The van der Waals surface area contributed by atoms with Crippen LogP contribution in [0.1, 0.15) is 41.2 Å². The molecular weight excluding hydrogens is 439 g/mol. The summed E-state index contributed by atoms with van der Waals surface area (Å²) in [6, 6.07) is 0.516. The lowest BCUT2D eigenvalue weighted by Gasteiger charge is -2.32. The van der Waals surface area contributed by atoms with E-state index in [0.717, 1.165) is 24.3 Å². The fourth-order valence-electron chi connectivity index (χ4n) is 3.82. The summed E-state index contributed by atoms with van der Waals surface area (Å²) in [6.45, 7) is 4.21. The van der Waals surface area contributed by atoms with Crippen molar-refractivity contribution in [1.29, 1.82) is 0 Å². The van der Waals surface area contributed by atoms with Crippen molar-refractivity contribution in [3.8, 4) is 0 Å². The Kier molecular flexibility index (Phi) is 6.44. The van der Waals surface area contributed by atoms with Crippen LogP contribution in [-0.2, 0) is 4.74 Å². The van der Waals surface area contributed by atoms with Gasteiger partial charge in [-0.05, 0) is 25.1 Å². The van der Waals surface area contributed by atoms with Gasteiger partial charge in [0, 0.05) is 26.1 Å². The van der Waals surface area contributed by atoms with Gasteiger partial charge in [0.2, 0.25) is 0 Å². The van der Waals surface area contributed by atoms with Gasteiger partial charge >= 0.3 is 6.18 Å². The van der Waals surface area contributed by atoms with Crippen LogP contribution in [-0.4, -0.2) is 66.2 Å². The lowest BCUT2D eigenvalue weighted by molar-refractivity contribution is -0.174. The Morgan fingerprint density at radius 2 is 2.13 bits per heavy atom. The largest absolute Gasteiger partial charge is 0.467 e. The van der Waals surface area contributed by atoms with Crippen LogP contribution in [0.25, 0.3) is 0 Å². The smallest absolute Gasteiger partial charge is 0.410 e. The molecule has 2 atom stereocenters. The third kappa shape index (κ3) is 4.83. The number of nitrogens with one attached hydrogen (secondary N) is 2. The van der Waals surface area contributed by atoms with Gasteiger partial charge in [0.25, 0.3) is 5.91 Å². The minimum absolute atomic E-state index is 0.0462. The average molecular weight is 462 g/mol. The second-order valence-electron chi connectivity index (χ2n) is 7.52. The lowest BCUT2D eigenvalue weighted by atomic mass is 10.0. The number of amides is 1. The summed E-state index contributed by atoms with van der Waals surface area (Å²) in [5.41, 5.74) is -0.232. The van der Waals surface area contributed by atoms with Gasteiger partial charge in [0.1, 0.15) is 16.6 Å². The van der Waals surface area contributed by atoms with E-state index in [1.54, 1.807) is 12.1 Å². The van der Waals surface area contributed by atoms with Gasteiger partial charge in [0.05, 0.1) is 25.5 Å². The summed E-state index contributed by atoms with van der Waals surface area (Å²) in [5, 5.41) is 9.40. The molecule has 4 heterocycles.